The third-order valence-electron chi connectivity index (χ3n) is 3.29. The second-order valence-electron chi connectivity index (χ2n) is 4.51. The molecule has 4 unspecified atom stereocenters. The molecule has 21 heavy (non-hydrogen) atoms. The molecule has 4 atom stereocenters. The van der Waals surface area contributed by atoms with Crippen LogP contribution in [0.2, 0.25) is 5.28 Å². The zero-order valence-electron chi connectivity index (χ0n) is 10.5. The van der Waals surface area contributed by atoms with Gasteiger partial charge in [-0.15, -0.1) is 0 Å². The molecule has 1 aliphatic heterocycles. The van der Waals surface area contributed by atoms with E-state index in [0.717, 1.165) is 0 Å². The molecule has 3 heterocycles. The third kappa shape index (κ3) is 2.21. The molecule has 0 aromatic carbocycles. The van der Waals surface area contributed by atoms with Crippen molar-refractivity contribution in [1.82, 2.24) is 19.5 Å². The van der Waals surface area contributed by atoms with Crippen LogP contribution in [0.4, 0.5) is 5.82 Å². The Bertz CT molecular complexity index is 667. The molecule has 0 spiro atoms. The first-order valence-electron chi connectivity index (χ1n) is 5.99. The van der Waals surface area contributed by atoms with E-state index >= 15 is 0 Å². The van der Waals surface area contributed by atoms with E-state index in [2.05, 4.69) is 15.0 Å². The molecule has 0 radical (unpaired) electrons. The first-order valence-corrected chi connectivity index (χ1v) is 6.37. The summed E-state index contributed by atoms with van der Waals surface area (Å²) in [6.45, 7) is -0.444. The van der Waals surface area contributed by atoms with Gasteiger partial charge < -0.3 is 20.1 Å². The van der Waals surface area contributed by atoms with E-state index in [0.29, 0.717) is 0 Å². The highest BCUT2D eigenvalue weighted by Gasteiger charge is 2.44. The van der Waals surface area contributed by atoms with E-state index in [1.165, 1.54) is 10.9 Å². The maximum atomic E-state index is 10.0. The Hall–Kier alpha value is -1.56. The van der Waals surface area contributed by atoms with Gasteiger partial charge in [0.05, 0.1) is 12.9 Å². The summed E-state index contributed by atoms with van der Waals surface area (Å²) in [4.78, 5) is 11.7. The summed E-state index contributed by atoms with van der Waals surface area (Å²) in [7, 11) is 0. The van der Waals surface area contributed by atoms with Gasteiger partial charge in [0.1, 0.15) is 18.3 Å². The lowest BCUT2D eigenvalue weighted by atomic mass is 10.1. The number of hydrogen-bond donors (Lipinski definition) is 5. The summed E-state index contributed by atoms with van der Waals surface area (Å²) < 4.78 is 6.73. The van der Waals surface area contributed by atoms with E-state index in [1.54, 1.807) is 0 Å². The predicted octanol–water partition coefficient (Wildman–Crippen LogP) is -1.11. The predicted molar refractivity (Wildman–Crippen MR) is 68.8 cm³/mol. The molecule has 1 aliphatic rings. The van der Waals surface area contributed by atoms with E-state index in [4.69, 9.17) is 26.7 Å². The lowest BCUT2D eigenvalue weighted by molar-refractivity contribution is -0.0511. The van der Waals surface area contributed by atoms with Crippen molar-refractivity contribution in [2.24, 2.45) is 0 Å². The Balaban J connectivity index is 2.07. The molecule has 0 bridgehead atoms. The molecule has 114 valence electrons. The topological polar surface area (TPSA) is 146 Å². The molecular weight excluding hydrogens is 306 g/mol. The molecule has 3 rings (SSSR count). The first kappa shape index (κ1) is 14.4. The number of halogens is 1. The summed E-state index contributed by atoms with van der Waals surface area (Å²) in [6.07, 6.45) is -3.14. The zero-order chi connectivity index (χ0) is 15.1. The van der Waals surface area contributed by atoms with Crippen LogP contribution in [0.3, 0.4) is 0 Å². The summed E-state index contributed by atoms with van der Waals surface area (Å²) in [5, 5.41) is 37.7. The van der Waals surface area contributed by atoms with Gasteiger partial charge in [-0.2, -0.15) is 9.97 Å². The number of nitrogens with one attached hydrogen (secondary N) is 1. The number of hydrogen-bond acceptors (Lipinski definition) is 9. The zero-order valence-corrected chi connectivity index (χ0v) is 11.2. The summed E-state index contributed by atoms with van der Waals surface area (Å²) >= 11 is 5.75. The Morgan fingerprint density at radius 2 is 2.10 bits per heavy atom. The average Bonchev–Trinajstić information content (AvgIpc) is 3.01. The monoisotopic (exact) mass is 317 g/mol. The number of aliphatic hydroxyl groups is 3. The number of aliphatic hydroxyl groups excluding tert-OH is 3. The maximum Gasteiger partial charge on any atom is 0.226 e. The minimum absolute atomic E-state index is 0.00417. The van der Waals surface area contributed by atoms with E-state index in [-0.39, 0.29) is 22.3 Å². The van der Waals surface area contributed by atoms with Gasteiger partial charge in [0.15, 0.2) is 23.2 Å². The largest absolute Gasteiger partial charge is 0.394 e. The van der Waals surface area contributed by atoms with Gasteiger partial charge in [-0.3, -0.25) is 15.3 Å². The van der Waals surface area contributed by atoms with Crippen LogP contribution in [0.1, 0.15) is 6.23 Å². The highest BCUT2D eigenvalue weighted by Crippen LogP contribution is 2.32. The number of fused-ring (bicyclic) bond motifs is 1. The van der Waals surface area contributed by atoms with Crippen molar-refractivity contribution < 1.29 is 25.3 Å². The molecule has 2 aromatic heterocycles. The smallest absolute Gasteiger partial charge is 0.226 e. The Morgan fingerprint density at radius 1 is 1.33 bits per heavy atom. The summed E-state index contributed by atoms with van der Waals surface area (Å²) in [5.74, 6) is -0.00417. The van der Waals surface area contributed by atoms with Crippen LogP contribution in [0, 0.1) is 0 Å². The Kier molecular flexibility index (Phi) is 3.65. The average molecular weight is 318 g/mol. The molecule has 11 heteroatoms. The normalized spacial score (nSPS) is 29.2. The molecule has 1 saturated heterocycles. The van der Waals surface area contributed by atoms with Crippen LogP contribution in [0.25, 0.3) is 11.2 Å². The molecular formula is C10H12ClN5O5. The SMILES string of the molecule is OCC1OC(n2cnc3c(NO)nc(Cl)nc32)C(O)C1O. The highest BCUT2D eigenvalue weighted by molar-refractivity contribution is 6.28. The van der Waals surface area contributed by atoms with Gasteiger partial charge in [0.25, 0.3) is 0 Å². The second-order valence-corrected chi connectivity index (χ2v) is 4.84. The number of ether oxygens (including phenoxy) is 1. The summed E-state index contributed by atoms with van der Waals surface area (Å²) in [5.41, 5.74) is 2.25. The molecule has 0 amide bonds. The van der Waals surface area contributed by atoms with Crippen molar-refractivity contribution in [3.8, 4) is 0 Å². The number of imidazole rings is 1. The fourth-order valence-corrected chi connectivity index (χ4v) is 2.43. The van der Waals surface area contributed by atoms with Crippen LogP contribution in [-0.4, -0.2) is 65.0 Å². The van der Waals surface area contributed by atoms with Gasteiger partial charge >= 0.3 is 0 Å². The van der Waals surface area contributed by atoms with Crippen LogP contribution in [0.5, 0.6) is 0 Å². The van der Waals surface area contributed by atoms with E-state index in [1.807, 2.05) is 5.48 Å². The Labute approximate surface area is 122 Å². The number of aromatic nitrogens is 4. The maximum absolute atomic E-state index is 10.0. The third-order valence-corrected chi connectivity index (χ3v) is 3.46. The molecule has 5 N–H and O–H groups in total. The fourth-order valence-electron chi connectivity index (χ4n) is 2.26. The van der Waals surface area contributed by atoms with Crippen molar-refractivity contribution in [2.75, 3.05) is 12.1 Å². The lowest BCUT2D eigenvalue weighted by Crippen LogP contribution is -2.33. The van der Waals surface area contributed by atoms with Crippen LogP contribution < -0.4 is 5.48 Å². The lowest BCUT2D eigenvalue weighted by Gasteiger charge is -2.16. The van der Waals surface area contributed by atoms with E-state index in [9.17, 15) is 10.2 Å². The van der Waals surface area contributed by atoms with Gasteiger partial charge in [0.2, 0.25) is 5.28 Å². The molecule has 2 aromatic rings. The van der Waals surface area contributed by atoms with Crippen molar-refractivity contribution in [3.05, 3.63) is 11.6 Å². The number of nitrogens with zero attached hydrogens (tertiary/aromatic N) is 4. The van der Waals surface area contributed by atoms with Gasteiger partial charge in [-0.1, -0.05) is 0 Å². The quantitative estimate of drug-likeness (QED) is 0.351. The molecule has 0 aliphatic carbocycles. The van der Waals surface area contributed by atoms with Crippen molar-refractivity contribution >= 4 is 28.6 Å². The fraction of sp³-hybridized carbons (Fsp3) is 0.500. The molecule has 10 nitrogen and oxygen atoms in total. The van der Waals surface area contributed by atoms with Crippen LogP contribution in [0.15, 0.2) is 6.33 Å². The molecule has 0 saturated carbocycles. The van der Waals surface area contributed by atoms with Crippen molar-refractivity contribution in [2.45, 2.75) is 24.5 Å². The number of anilines is 1. The summed E-state index contributed by atoms with van der Waals surface area (Å²) in [6, 6.07) is 0. The van der Waals surface area contributed by atoms with Crippen molar-refractivity contribution in [1.29, 1.82) is 0 Å². The van der Waals surface area contributed by atoms with Crippen LogP contribution in [-0.2, 0) is 4.74 Å². The minimum Gasteiger partial charge on any atom is -0.394 e. The van der Waals surface area contributed by atoms with Gasteiger partial charge in [-0.05, 0) is 11.6 Å². The van der Waals surface area contributed by atoms with Gasteiger partial charge in [-0.25, -0.2) is 4.98 Å². The highest BCUT2D eigenvalue weighted by atomic mass is 35.5. The van der Waals surface area contributed by atoms with Crippen molar-refractivity contribution in [3.63, 3.8) is 0 Å². The standard InChI is InChI=1S/C10H12ClN5O5/c11-10-13-7(15-20)4-8(14-10)16(2-12-4)9-6(19)5(18)3(1-17)21-9/h2-3,5-6,9,17-20H,1H2,(H,13,14,15). The second kappa shape index (κ2) is 5.33. The number of rotatable bonds is 3. The first-order chi connectivity index (χ1) is 10.1. The Morgan fingerprint density at radius 3 is 2.71 bits per heavy atom. The minimum atomic E-state index is -1.28. The van der Waals surface area contributed by atoms with Crippen LogP contribution >= 0.6 is 11.6 Å². The van der Waals surface area contributed by atoms with E-state index < -0.39 is 31.1 Å². The molecule has 1 fully saturated rings. The van der Waals surface area contributed by atoms with Gasteiger partial charge in [0, 0.05) is 0 Å².